The van der Waals surface area contributed by atoms with Gasteiger partial charge in [-0.15, -0.1) is 0 Å². The second-order valence-corrected chi connectivity index (χ2v) is 12.4. The molecule has 3 aliphatic carbocycles. The van der Waals surface area contributed by atoms with E-state index < -0.39 is 5.72 Å². The molecule has 4 bridgehead atoms. The third-order valence-electron chi connectivity index (χ3n) is 11.4. The fourth-order valence-corrected chi connectivity index (χ4v) is 9.77. The maximum absolute atomic E-state index is 11.6. The van der Waals surface area contributed by atoms with Gasteiger partial charge in [0.05, 0.1) is 6.10 Å². The lowest BCUT2D eigenvalue weighted by Gasteiger charge is -2.47. The van der Waals surface area contributed by atoms with Crippen molar-refractivity contribution in [1.82, 2.24) is 10.2 Å². The number of hydrogen-bond acceptors (Lipinski definition) is 5. The number of rotatable bonds is 4. The van der Waals surface area contributed by atoms with Gasteiger partial charge in [-0.1, -0.05) is 37.6 Å². The molecule has 3 aliphatic heterocycles. The molecule has 1 aromatic rings. The fraction of sp³-hybridized carbons (Fsp3) is 0.750. The van der Waals surface area contributed by atoms with Crippen molar-refractivity contribution < 1.29 is 15.0 Å². The van der Waals surface area contributed by atoms with E-state index in [-0.39, 0.29) is 17.4 Å². The minimum atomic E-state index is -0.662. The number of benzene rings is 1. The van der Waals surface area contributed by atoms with Gasteiger partial charge in [0.2, 0.25) is 0 Å². The Hall–Kier alpha value is -1.27. The molecule has 1 aromatic carbocycles. The normalized spacial score (nSPS) is 52.6. The first-order valence-electron chi connectivity index (χ1n) is 13.4. The number of hydrogen-bond donors (Lipinski definition) is 3. The van der Waals surface area contributed by atoms with E-state index in [0.29, 0.717) is 47.4 Å². The van der Waals surface area contributed by atoms with Gasteiger partial charge in [0.25, 0.3) is 0 Å². The van der Waals surface area contributed by atoms with Gasteiger partial charge >= 0.3 is 0 Å². The summed E-state index contributed by atoms with van der Waals surface area (Å²) in [5.74, 6) is 2.59. The maximum atomic E-state index is 11.6. The van der Waals surface area contributed by atoms with Gasteiger partial charge in [-0.05, 0) is 74.2 Å². The molecule has 3 N–H and O–H groups in total. The van der Waals surface area contributed by atoms with Crippen molar-refractivity contribution in [2.75, 3.05) is 6.54 Å². The Morgan fingerprint density at radius 1 is 1.15 bits per heavy atom. The Kier molecular flexibility index (Phi) is 4.55. The van der Waals surface area contributed by atoms with Crippen LogP contribution in [0.4, 0.5) is 0 Å². The standard InChI is InChI=1S/C28H38N2O3/c1-16(18-6-4-17(14-31)5-7-18)24-13-22(28(33)15-30(24)28)23-11-19-8-9-20-3-2-10-27(20)25(32)12-21(19)26(27)29-23/h4-7,14,16,19-26,29,32-33H,2-3,8-13,15H2,1H3. The van der Waals surface area contributed by atoms with Crippen LogP contribution in [-0.2, 0) is 0 Å². The van der Waals surface area contributed by atoms with E-state index in [1.54, 1.807) is 0 Å². The molecule has 6 fully saturated rings. The second-order valence-electron chi connectivity index (χ2n) is 12.4. The third kappa shape index (κ3) is 2.77. The predicted octanol–water partition coefficient (Wildman–Crippen LogP) is 3.30. The lowest BCUT2D eigenvalue weighted by Crippen LogP contribution is -2.59. The highest BCUT2D eigenvalue weighted by molar-refractivity contribution is 5.74. The first-order chi connectivity index (χ1) is 16.0. The van der Waals surface area contributed by atoms with Gasteiger partial charge in [-0.3, -0.25) is 9.69 Å². The first-order valence-corrected chi connectivity index (χ1v) is 13.4. The van der Waals surface area contributed by atoms with Crippen LogP contribution in [0, 0.1) is 29.1 Å². The van der Waals surface area contributed by atoms with Crippen LogP contribution in [0.25, 0.3) is 0 Å². The van der Waals surface area contributed by atoms with Crippen molar-refractivity contribution in [3.63, 3.8) is 0 Å². The van der Waals surface area contributed by atoms with E-state index in [1.165, 1.54) is 37.7 Å². The Labute approximate surface area is 196 Å². The van der Waals surface area contributed by atoms with E-state index in [9.17, 15) is 15.0 Å². The van der Waals surface area contributed by atoms with Gasteiger partial charge < -0.3 is 15.5 Å². The van der Waals surface area contributed by atoms with Crippen LogP contribution in [-0.4, -0.2) is 57.9 Å². The van der Waals surface area contributed by atoms with Crippen LogP contribution < -0.4 is 5.32 Å². The molecule has 1 spiro atoms. The fourth-order valence-electron chi connectivity index (χ4n) is 9.77. The molecule has 6 aliphatic rings. The molecule has 33 heavy (non-hydrogen) atoms. The molecule has 3 saturated heterocycles. The summed E-state index contributed by atoms with van der Waals surface area (Å²) in [5, 5.41) is 27.0. The van der Waals surface area contributed by atoms with Crippen LogP contribution in [0.2, 0.25) is 0 Å². The zero-order chi connectivity index (χ0) is 22.5. The van der Waals surface area contributed by atoms with E-state index >= 15 is 0 Å². The zero-order valence-corrected chi connectivity index (χ0v) is 19.7. The molecule has 3 saturated carbocycles. The molecular weight excluding hydrogens is 412 g/mol. The molecule has 0 aromatic heterocycles. The lowest BCUT2D eigenvalue weighted by atomic mass is 9.68. The second kappa shape index (κ2) is 7.13. The van der Waals surface area contributed by atoms with Crippen molar-refractivity contribution in [3.05, 3.63) is 35.4 Å². The van der Waals surface area contributed by atoms with E-state index in [2.05, 4.69) is 29.3 Å². The van der Waals surface area contributed by atoms with E-state index in [0.717, 1.165) is 32.1 Å². The minimum Gasteiger partial charge on any atom is -0.392 e. The van der Waals surface area contributed by atoms with Gasteiger partial charge in [-0.2, -0.15) is 0 Å². The highest BCUT2D eigenvalue weighted by atomic mass is 16.3. The Balaban J connectivity index is 1.15. The maximum Gasteiger partial charge on any atom is 0.150 e. The number of carbonyl (C=O) groups is 1. The monoisotopic (exact) mass is 450 g/mol. The highest BCUT2D eigenvalue weighted by Gasteiger charge is 2.70. The summed E-state index contributed by atoms with van der Waals surface area (Å²) < 4.78 is 0. The van der Waals surface area contributed by atoms with Crippen molar-refractivity contribution >= 4 is 6.29 Å². The van der Waals surface area contributed by atoms with Crippen molar-refractivity contribution in [1.29, 1.82) is 0 Å². The molecule has 12 atom stereocenters. The number of aliphatic hydroxyl groups is 2. The average molecular weight is 451 g/mol. The van der Waals surface area contributed by atoms with Crippen LogP contribution in [0.3, 0.4) is 0 Å². The molecule has 5 heteroatoms. The minimum absolute atomic E-state index is 0.0928. The summed E-state index contributed by atoms with van der Waals surface area (Å²) in [4.78, 5) is 13.4. The molecule has 3 heterocycles. The molecule has 0 radical (unpaired) electrons. The van der Waals surface area contributed by atoms with Crippen LogP contribution in [0.15, 0.2) is 24.3 Å². The molecule has 12 unspecified atom stereocenters. The van der Waals surface area contributed by atoms with Crippen molar-refractivity contribution in [2.45, 2.75) is 94.2 Å². The highest BCUT2D eigenvalue weighted by Crippen LogP contribution is 2.64. The summed E-state index contributed by atoms with van der Waals surface area (Å²) in [5.41, 5.74) is 1.40. The summed E-state index contributed by atoms with van der Waals surface area (Å²) in [7, 11) is 0. The molecular formula is C28H38N2O3. The molecule has 7 rings (SSSR count). The number of nitrogens with one attached hydrogen (secondary N) is 1. The number of piperidine rings is 2. The number of aliphatic hydroxyl groups excluding tert-OH is 1. The van der Waals surface area contributed by atoms with Gasteiger partial charge in [-0.25, -0.2) is 0 Å². The van der Waals surface area contributed by atoms with Crippen molar-refractivity contribution in [2.24, 2.45) is 29.1 Å². The van der Waals surface area contributed by atoms with E-state index in [1.807, 2.05) is 12.1 Å². The SMILES string of the molecule is CC(c1ccc(C=O)cc1)C1CC(C2CC3CCC4CCCC45C(O)CC3C5N2)C2(O)CN12. The van der Waals surface area contributed by atoms with Crippen LogP contribution in [0.5, 0.6) is 0 Å². The van der Waals surface area contributed by atoms with Gasteiger partial charge in [0.15, 0.2) is 0 Å². The Bertz CT molecular complexity index is 951. The first kappa shape index (κ1) is 21.0. The van der Waals surface area contributed by atoms with Crippen molar-refractivity contribution in [3.8, 4) is 0 Å². The summed E-state index contributed by atoms with van der Waals surface area (Å²) in [6.07, 6.45) is 10.3. The number of nitrogens with zero attached hydrogens (tertiary/aromatic N) is 1. The van der Waals surface area contributed by atoms with E-state index in [4.69, 9.17) is 0 Å². The average Bonchev–Trinajstić information content (AvgIpc) is 3.11. The topological polar surface area (TPSA) is 72.6 Å². The number of aldehydes is 1. The predicted molar refractivity (Wildman–Crippen MR) is 126 cm³/mol. The lowest BCUT2D eigenvalue weighted by molar-refractivity contribution is -0.0110. The summed E-state index contributed by atoms with van der Waals surface area (Å²) in [6.45, 7) is 3.06. The smallest absolute Gasteiger partial charge is 0.150 e. The van der Waals surface area contributed by atoms with Crippen LogP contribution >= 0.6 is 0 Å². The summed E-state index contributed by atoms with van der Waals surface area (Å²) >= 11 is 0. The van der Waals surface area contributed by atoms with Gasteiger partial charge in [0.1, 0.15) is 12.0 Å². The molecule has 5 nitrogen and oxygen atoms in total. The van der Waals surface area contributed by atoms with Gasteiger partial charge in [0, 0.05) is 41.6 Å². The Morgan fingerprint density at radius 3 is 2.76 bits per heavy atom. The number of fused-ring (bicyclic) bond motifs is 1. The molecule has 0 amide bonds. The quantitative estimate of drug-likeness (QED) is 0.485. The van der Waals surface area contributed by atoms with Crippen LogP contribution in [0.1, 0.15) is 80.1 Å². The molecule has 178 valence electrons. The zero-order valence-electron chi connectivity index (χ0n) is 19.7. The number of carbonyl (C=O) groups excluding carboxylic acids is 1. The summed E-state index contributed by atoms with van der Waals surface area (Å²) in [6, 6.07) is 9.10. The third-order valence-corrected chi connectivity index (χ3v) is 11.4. The largest absolute Gasteiger partial charge is 0.392 e. The Morgan fingerprint density at radius 2 is 1.97 bits per heavy atom.